The van der Waals surface area contributed by atoms with Crippen molar-refractivity contribution in [1.29, 1.82) is 0 Å². The first-order valence-electron chi connectivity index (χ1n) is 6.74. The zero-order valence-electron chi connectivity index (χ0n) is 10.6. The van der Waals surface area contributed by atoms with Gasteiger partial charge in [-0.2, -0.15) is 0 Å². The highest BCUT2D eigenvalue weighted by molar-refractivity contribution is 5.99. The molecule has 0 saturated heterocycles. The van der Waals surface area contributed by atoms with Crippen LogP contribution in [0.1, 0.15) is 34.3 Å². The molecule has 0 unspecified atom stereocenters. The van der Waals surface area contributed by atoms with Crippen molar-refractivity contribution in [1.82, 2.24) is 0 Å². The number of carbonyl (C=O) groups is 1. The molecule has 94 valence electrons. The first-order valence-corrected chi connectivity index (χ1v) is 6.74. The molecule has 0 amide bonds. The SMILES string of the molecule is O=C1CCCc2cc3c(cc21)COc1ccccc1-3. The van der Waals surface area contributed by atoms with Gasteiger partial charge in [0.25, 0.3) is 0 Å². The van der Waals surface area contributed by atoms with E-state index in [1.807, 2.05) is 24.3 Å². The smallest absolute Gasteiger partial charge is 0.163 e. The van der Waals surface area contributed by atoms with Crippen LogP contribution < -0.4 is 4.74 Å². The van der Waals surface area contributed by atoms with Crippen LogP contribution in [0.5, 0.6) is 5.75 Å². The van der Waals surface area contributed by atoms with Gasteiger partial charge in [-0.25, -0.2) is 0 Å². The molecule has 0 bridgehead atoms. The van der Waals surface area contributed by atoms with E-state index in [0.717, 1.165) is 35.3 Å². The van der Waals surface area contributed by atoms with Gasteiger partial charge in [0.2, 0.25) is 0 Å². The van der Waals surface area contributed by atoms with Crippen LogP contribution in [0.3, 0.4) is 0 Å². The second kappa shape index (κ2) is 3.95. The van der Waals surface area contributed by atoms with Gasteiger partial charge in [0, 0.05) is 17.5 Å². The lowest BCUT2D eigenvalue weighted by molar-refractivity contribution is 0.0972. The van der Waals surface area contributed by atoms with E-state index in [2.05, 4.69) is 12.1 Å². The normalized spacial score (nSPS) is 16.1. The van der Waals surface area contributed by atoms with Crippen molar-refractivity contribution in [2.75, 3.05) is 0 Å². The van der Waals surface area contributed by atoms with Gasteiger partial charge in [0.05, 0.1) is 0 Å². The van der Waals surface area contributed by atoms with Crippen molar-refractivity contribution >= 4 is 5.78 Å². The Kier molecular flexibility index (Phi) is 2.25. The van der Waals surface area contributed by atoms with Gasteiger partial charge < -0.3 is 4.74 Å². The Labute approximate surface area is 112 Å². The zero-order valence-corrected chi connectivity index (χ0v) is 10.6. The van der Waals surface area contributed by atoms with Crippen LogP contribution in [0, 0.1) is 0 Å². The Balaban J connectivity index is 1.95. The highest BCUT2D eigenvalue weighted by Crippen LogP contribution is 2.39. The van der Waals surface area contributed by atoms with Gasteiger partial charge in [-0.15, -0.1) is 0 Å². The molecule has 0 fully saturated rings. The number of carbonyl (C=O) groups excluding carboxylic acids is 1. The van der Waals surface area contributed by atoms with Crippen molar-refractivity contribution in [3.8, 4) is 16.9 Å². The molecule has 2 aliphatic rings. The molecule has 2 aromatic rings. The second-order valence-electron chi connectivity index (χ2n) is 5.23. The molecule has 2 aromatic carbocycles. The fraction of sp³-hybridized carbons (Fsp3) is 0.235. The molecule has 1 aliphatic carbocycles. The summed E-state index contributed by atoms with van der Waals surface area (Å²) in [6.45, 7) is 0.562. The number of Topliss-reactive ketones (excluding diaryl/α,β-unsaturated/α-hetero) is 1. The number of rotatable bonds is 0. The Hall–Kier alpha value is -2.09. The molecule has 19 heavy (non-hydrogen) atoms. The van der Waals surface area contributed by atoms with Crippen molar-refractivity contribution in [3.05, 3.63) is 53.1 Å². The van der Waals surface area contributed by atoms with Crippen LogP contribution in [-0.4, -0.2) is 5.78 Å². The maximum Gasteiger partial charge on any atom is 0.163 e. The standard InChI is InChI=1S/C17H14O2/c18-16-6-3-4-11-8-14-12(9-15(11)16)10-19-17-7-2-1-5-13(14)17/h1-2,5,7-9H,3-4,6,10H2. The van der Waals surface area contributed by atoms with E-state index >= 15 is 0 Å². The lowest BCUT2D eigenvalue weighted by atomic mass is 9.85. The molecule has 2 heteroatoms. The molecule has 0 N–H and O–H groups in total. The number of hydrogen-bond donors (Lipinski definition) is 0. The quantitative estimate of drug-likeness (QED) is 0.711. The summed E-state index contributed by atoms with van der Waals surface area (Å²) in [6.07, 6.45) is 2.67. The highest BCUT2D eigenvalue weighted by atomic mass is 16.5. The fourth-order valence-electron chi connectivity index (χ4n) is 3.07. The second-order valence-corrected chi connectivity index (χ2v) is 5.23. The number of hydrogen-bond acceptors (Lipinski definition) is 2. The summed E-state index contributed by atoms with van der Waals surface area (Å²) in [4.78, 5) is 12.0. The lowest BCUT2D eigenvalue weighted by Gasteiger charge is -2.24. The number of ketones is 1. The molecule has 2 nitrogen and oxygen atoms in total. The minimum atomic E-state index is 0.280. The van der Waals surface area contributed by atoms with Gasteiger partial charge in [0.15, 0.2) is 5.78 Å². The van der Waals surface area contributed by atoms with E-state index in [0.29, 0.717) is 13.0 Å². The van der Waals surface area contributed by atoms with E-state index in [-0.39, 0.29) is 5.78 Å². The summed E-state index contributed by atoms with van der Waals surface area (Å²) in [6, 6.07) is 12.4. The third-order valence-electron chi connectivity index (χ3n) is 4.04. The first-order chi connectivity index (χ1) is 9.33. The first kappa shape index (κ1) is 10.8. The van der Waals surface area contributed by atoms with E-state index < -0.39 is 0 Å². The van der Waals surface area contributed by atoms with Gasteiger partial charge in [-0.05, 0) is 47.7 Å². The van der Waals surface area contributed by atoms with E-state index in [1.165, 1.54) is 11.1 Å². The summed E-state index contributed by atoms with van der Waals surface area (Å²) in [7, 11) is 0. The summed E-state index contributed by atoms with van der Waals surface area (Å²) in [5, 5.41) is 0. The Morgan fingerprint density at radius 2 is 1.74 bits per heavy atom. The predicted octanol–water partition coefficient (Wildman–Crippen LogP) is 3.77. The van der Waals surface area contributed by atoms with Crippen LogP contribution >= 0.6 is 0 Å². The molecule has 4 rings (SSSR count). The van der Waals surface area contributed by atoms with Gasteiger partial charge in [-0.1, -0.05) is 18.2 Å². The van der Waals surface area contributed by atoms with Gasteiger partial charge >= 0.3 is 0 Å². The van der Waals surface area contributed by atoms with Crippen LogP contribution in [0.4, 0.5) is 0 Å². The topological polar surface area (TPSA) is 26.3 Å². The molecule has 0 spiro atoms. The maximum absolute atomic E-state index is 12.0. The number of ether oxygens (including phenoxy) is 1. The van der Waals surface area contributed by atoms with Crippen molar-refractivity contribution < 1.29 is 9.53 Å². The van der Waals surface area contributed by atoms with Crippen molar-refractivity contribution in [3.63, 3.8) is 0 Å². The zero-order chi connectivity index (χ0) is 12.8. The molecular weight excluding hydrogens is 236 g/mol. The molecular formula is C17H14O2. The highest BCUT2D eigenvalue weighted by Gasteiger charge is 2.23. The Bertz CT molecular complexity index is 686. The number of benzene rings is 2. The van der Waals surface area contributed by atoms with Crippen molar-refractivity contribution in [2.45, 2.75) is 25.9 Å². The summed E-state index contributed by atoms with van der Waals surface area (Å²) >= 11 is 0. The largest absolute Gasteiger partial charge is 0.488 e. The average molecular weight is 250 g/mol. The predicted molar refractivity (Wildman–Crippen MR) is 73.5 cm³/mol. The number of fused-ring (bicyclic) bond motifs is 4. The van der Waals surface area contributed by atoms with Crippen LogP contribution in [0.15, 0.2) is 36.4 Å². The van der Waals surface area contributed by atoms with Gasteiger partial charge in [-0.3, -0.25) is 4.79 Å². The maximum atomic E-state index is 12.0. The van der Waals surface area contributed by atoms with E-state index in [4.69, 9.17) is 4.74 Å². The van der Waals surface area contributed by atoms with E-state index in [1.54, 1.807) is 0 Å². The lowest BCUT2D eigenvalue weighted by Crippen LogP contribution is -2.14. The van der Waals surface area contributed by atoms with Crippen LogP contribution in [0.25, 0.3) is 11.1 Å². The average Bonchev–Trinajstić information content (AvgIpc) is 2.46. The monoisotopic (exact) mass is 250 g/mol. The minimum Gasteiger partial charge on any atom is -0.488 e. The van der Waals surface area contributed by atoms with Crippen LogP contribution in [-0.2, 0) is 13.0 Å². The number of aryl methyl sites for hydroxylation is 1. The summed E-state index contributed by atoms with van der Waals surface area (Å²) in [5.41, 5.74) is 5.62. The molecule has 0 saturated carbocycles. The third kappa shape index (κ3) is 1.60. The molecule has 1 heterocycles. The Morgan fingerprint density at radius 3 is 2.68 bits per heavy atom. The summed E-state index contributed by atoms with van der Waals surface area (Å²) < 4.78 is 5.76. The number of para-hydroxylation sites is 1. The summed E-state index contributed by atoms with van der Waals surface area (Å²) in [5.74, 6) is 1.22. The van der Waals surface area contributed by atoms with Crippen molar-refractivity contribution in [2.24, 2.45) is 0 Å². The molecule has 0 aromatic heterocycles. The molecule has 1 aliphatic heterocycles. The fourth-order valence-corrected chi connectivity index (χ4v) is 3.07. The molecule has 0 radical (unpaired) electrons. The van der Waals surface area contributed by atoms with E-state index in [9.17, 15) is 4.79 Å². The molecule has 0 atom stereocenters. The third-order valence-corrected chi connectivity index (χ3v) is 4.04. The Morgan fingerprint density at radius 1 is 0.895 bits per heavy atom. The van der Waals surface area contributed by atoms with Gasteiger partial charge in [0.1, 0.15) is 12.4 Å². The minimum absolute atomic E-state index is 0.280. The van der Waals surface area contributed by atoms with Crippen LogP contribution in [0.2, 0.25) is 0 Å².